The monoisotopic (exact) mass is 220 g/mol. The van der Waals surface area contributed by atoms with Crippen LogP contribution in [0.4, 0.5) is 0 Å². The highest BCUT2D eigenvalue weighted by Gasteiger charge is 2.24. The zero-order chi connectivity index (χ0) is 10.8. The van der Waals surface area contributed by atoms with Crippen LogP contribution in [0.1, 0.15) is 68.5 Å². The van der Waals surface area contributed by atoms with E-state index < -0.39 is 0 Å². The lowest BCUT2D eigenvalue weighted by atomic mass is 9.89. The molecule has 3 rings (SSSR count). The van der Waals surface area contributed by atoms with Gasteiger partial charge >= 0.3 is 0 Å². The SMILES string of the molecule is c1oc(C2CCCCC2)nc1C1CCCN1. The van der Waals surface area contributed by atoms with Gasteiger partial charge < -0.3 is 9.73 Å². The van der Waals surface area contributed by atoms with E-state index in [-0.39, 0.29) is 0 Å². The Morgan fingerprint density at radius 2 is 2.00 bits per heavy atom. The first-order valence-electron chi connectivity index (χ1n) is 6.62. The molecule has 3 nitrogen and oxygen atoms in total. The molecule has 3 heteroatoms. The highest BCUT2D eigenvalue weighted by molar-refractivity contribution is 5.07. The lowest BCUT2D eigenvalue weighted by Gasteiger charge is -2.17. The molecule has 0 spiro atoms. The summed E-state index contributed by atoms with van der Waals surface area (Å²) in [5.41, 5.74) is 1.12. The van der Waals surface area contributed by atoms with E-state index in [1.165, 1.54) is 44.9 Å². The van der Waals surface area contributed by atoms with Crippen molar-refractivity contribution in [2.24, 2.45) is 0 Å². The largest absolute Gasteiger partial charge is 0.448 e. The molecule has 1 unspecified atom stereocenters. The summed E-state index contributed by atoms with van der Waals surface area (Å²) in [6.07, 6.45) is 10.9. The van der Waals surface area contributed by atoms with Crippen molar-refractivity contribution >= 4 is 0 Å². The molecule has 1 saturated heterocycles. The van der Waals surface area contributed by atoms with E-state index in [9.17, 15) is 0 Å². The van der Waals surface area contributed by atoms with Crippen molar-refractivity contribution in [2.45, 2.75) is 56.9 Å². The predicted molar refractivity (Wildman–Crippen MR) is 62.3 cm³/mol. The molecule has 1 atom stereocenters. The van der Waals surface area contributed by atoms with Gasteiger partial charge in [-0.05, 0) is 32.2 Å². The molecule has 0 radical (unpaired) electrons. The number of hydrogen-bond donors (Lipinski definition) is 1. The Bertz CT molecular complexity index is 335. The van der Waals surface area contributed by atoms with E-state index >= 15 is 0 Å². The normalized spacial score (nSPS) is 27.4. The van der Waals surface area contributed by atoms with Gasteiger partial charge in [-0.25, -0.2) is 4.98 Å². The summed E-state index contributed by atoms with van der Waals surface area (Å²) < 4.78 is 5.67. The van der Waals surface area contributed by atoms with Crippen LogP contribution in [0.5, 0.6) is 0 Å². The molecule has 2 fully saturated rings. The third-order valence-electron chi connectivity index (χ3n) is 3.91. The van der Waals surface area contributed by atoms with E-state index in [1.54, 1.807) is 0 Å². The highest BCUT2D eigenvalue weighted by Crippen LogP contribution is 2.33. The van der Waals surface area contributed by atoms with E-state index in [0.717, 1.165) is 18.1 Å². The molecule has 0 aromatic carbocycles. The van der Waals surface area contributed by atoms with Gasteiger partial charge in [0.15, 0.2) is 5.89 Å². The smallest absolute Gasteiger partial charge is 0.197 e. The molecule has 16 heavy (non-hydrogen) atoms. The minimum atomic E-state index is 0.445. The third-order valence-corrected chi connectivity index (χ3v) is 3.91. The summed E-state index contributed by atoms with van der Waals surface area (Å²) >= 11 is 0. The van der Waals surface area contributed by atoms with Gasteiger partial charge in [0, 0.05) is 5.92 Å². The average Bonchev–Trinajstić information content (AvgIpc) is 3.01. The summed E-state index contributed by atoms with van der Waals surface area (Å²) in [6.45, 7) is 1.12. The number of nitrogens with one attached hydrogen (secondary N) is 1. The standard InChI is InChI=1S/C13H20N2O/c1-2-5-10(6-3-1)13-15-12(9-16-13)11-7-4-8-14-11/h9-11,14H,1-8H2. The minimum Gasteiger partial charge on any atom is -0.448 e. The molecule has 2 aliphatic rings. The predicted octanol–water partition coefficient (Wildman–Crippen LogP) is 3.15. The van der Waals surface area contributed by atoms with Crippen LogP contribution in [-0.2, 0) is 0 Å². The first-order chi connectivity index (χ1) is 7.93. The van der Waals surface area contributed by atoms with Gasteiger partial charge in [0.2, 0.25) is 0 Å². The summed E-state index contributed by atoms with van der Waals surface area (Å²) in [6, 6.07) is 0.445. The molecule has 0 amide bonds. The molecule has 88 valence electrons. The van der Waals surface area contributed by atoms with Gasteiger partial charge in [0.25, 0.3) is 0 Å². The van der Waals surface area contributed by atoms with Crippen molar-refractivity contribution in [2.75, 3.05) is 6.54 Å². The number of aromatic nitrogens is 1. The fourth-order valence-electron chi connectivity index (χ4n) is 2.93. The highest BCUT2D eigenvalue weighted by atomic mass is 16.3. The summed E-state index contributed by atoms with van der Waals surface area (Å²) in [4.78, 5) is 4.69. The molecule has 1 aliphatic carbocycles. The maximum Gasteiger partial charge on any atom is 0.197 e. The van der Waals surface area contributed by atoms with Gasteiger partial charge in [-0.1, -0.05) is 19.3 Å². The molecule has 2 heterocycles. The minimum absolute atomic E-state index is 0.445. The van der Waals surface area contributed by atoms with E-state index in [4.69, 9.17) is 4.42 Å². The van der Waals surface area contributed by atoms with Crippen LogP contribution in [0.15, 0.2) is 10.7 Å². The van der Waals surface area contributed by atoms with E-state index in [0.29, 0.717) is 12.0 Å². The Labute approximate surface area is 96.6 Å². The van der Waals surface area contributed by atoms with Gasteiger partial charge in [-0.3, -0.25) is 0 Å². The van der Waals surface area contributed by atoms with E-state index in [1.807, 2.05) is 6.26 Å². The quantitative estimate of drug-likeness (QED) is 0.832. The first kappa shape index (κ1) is 10.3. The third kappa shape index (κ3) is 2.01. The van der Waals surface area contributed by atoms with Gasteiger partial charge in [0.05, 0.1) is 11.7 Å². The van der Waals surface area contributed by atoms with E-state index in [2.05, 4.69) is 10.3 Å². The second kappa shape index (κ2) is 4.58. The maximum atomic E-state index is 5.67. The Morgan fingerprint density at radius 1 is 1.12 bits per heavy atom. The van der Waals surface area contributed by atoms with Crippen molar-refractivity contribution in [1.82, 2.24) is 10.3 Å². The lowest BCUT2D eigenvalue weighted by Crippen LogP contribution is -2.13. The number of oxazole rings is 1. The van der Waals surface area contributed by atoms with Crippen molar-refractivity contribution in [3.8, 4) is 0 Å². The second-order valence-electron chi connectivity index (χ2n) is 5.09. The van der Waals surface area contributed by atoms with Crippen LogP contribution in [0.2, 0.25) is 0 Å². The maximum absolute atomic E-state index is 5.67. The molecule has 1 aromatic heterocycles. The second-order valence-corrected chi connectivity index (χ2v) is 5.09. The van der Waals surface area contributed by atoms with Crippen molar-refractivity contribution in [3.05, 3.63) is 17.8 Å². The summed E-state index contributed by atoms with van der Waals surface area (Å²) in [7, 11) is 0. The summed E-state index contributed by atoms with van der Waals surface area (Å²) in [5, 5.41) is 3.47. The average molecular weight is 220 g/mol. The number of hydrogen-bond acceptors (Lipinski definition) is 3. The molecule has 0 bridgehead atoms. The van der Waals surface area contributed by atoms with Gasteiger partial charge in [-0.2, -0.15) is 0 Å². The molecule has 1 saturated carbocycles. The molecule has 1 aromatic rings. The topological polar surface area (TPSA) is 38.1 Å². The van der Waals surface area contributed by atoms with Crippen LogP contribution < -0.4 is 5.32 Å². The zero-order valence-corrected chi connectivity index (χ0v) is 9.74. The Morgan fingerprint density at radius 3 is 2.75 bits per heavy atom. The molecule has 1 aliphatic heterocycles. The molecular weight excluding hydrogens is 200 g/mol. The zero-order valence-electron chi connectivity index (χ0n) is 9.74. The van der Waals surface area contributed by atoms with Crippen LogP contribution in [0.3, 0.4) is 0 Å². The fourth-order valence-corrected chi connectivity index (χ4v) is 2.93. The molecular formula is C13H20N2O. The van der Waals surface area contributed by atoms with Crippen molar-refractivity contribution in [1.29, 1.82) is 0 Å². The van der Waals surface area contributed by atoms with Gasteiger partial charge in [0.1, 0.15) is 6.26 Å². The summed E-state index contributed by atoms with van der Waals surface area (Å²) in [5.74, 6) is 1.58. The first-order valence-corrected chi connectivity index (χ1v) is 6.62. The van der Waals surface area contributed by atoms with Crippen LogP contribution in [0, 0.1) is 0 Å². The van der Waals surface area contributed by atoms with Crippen LogP contribution >= 0.6 is 0 Å². The van der Waals surface area contributed by atoms with Crippen LogP contribution in [0.25, 0.3) is 0 Å². The Hall–Kier alpha value is -0.830. The Kier molecular flexibility index (Phi) is 2.96. The Balaban J connectivity index is 1.71. The van der Waals surface area contributed by atoms with Gasteiger partial charge in [-0.15, -0.1) is 0 Å². The van der Waals surface area contributed by atoms with Crippen molar-refractivity contribution < 1.29 is 4.42 Å². The fraction of sp³-hybridized carbons (Fsp3) is 0.769. The molecule has 1 N–H and O–H groups in total. The van der Waals surface area contributed by atoms with Crippen LogP contribution in [-0.4, -0.2) is 11.5 Å². The number of nitrogens with zero attached hydrogens (tertiary/aromatic N) is 1. The number of rotatable bonds is 2. The lowest BCUT2D eigenvalue weighted by molar-refractivity contribution is 0.363. The van der Waals surface area contributed by atoms with Crippen molar-refractivity contribution in [3.63, 3.8) is 0 Å².